The van der Waals surface area contributed by atoms with Crippen LogP contribution >= 0.6 is 0 Å². The molecule has 4 rings (SSSR count). The van der Waals surface area contributed by atoms with E-state index in [9.17, 15) is 4.39 Å². The van der Waals surface area contributed by atoms with Crippen LogP contribution in [0.15, 0.2) is 60.8 Å². The van der Waals surface area contributed by atoms with Gasteiger partial charge in [0, 0.05) is 23.1 Å². The van der Waals surface area contributed by atoms with E-state index in [-0.39, 0.29) is 0 Å². The number of alkyl halides is 1. The lowest BCUT2D eigenvalue weighted by Gasteiger charge is -2.05. The van der Waals surface area contributed by atoms with E-state index in [0.717, 1.165) is 28.3 Å². The topological polar surface area (TPSA) is 55.1 Å². The first-order valence-electron chi connectivity index (χ1n) is 7.94. The SMILES string of the molecule is Cc1cc(Nc2nc3cccc(-c4cccc(CF)c4)n3n2)ccn1. The second kappa shape index (κ2) is 6.32. The molecule has 0 bridgehead atoms. The molecule has 1 aromatic carbocycles. The molecule has 124 valence electrons. The van der Waals surface area contributed by atoms with Gasteiger partial charge in [0.1, 0.15) is 6.67 Å². The van der Waals surface area contributed by atoms with Crippen LogP contribution in [0.3, 0.4) is 0 Å². The van der Waals surface area contributed by atoms with Crippen LogP contribution in [0.2, 0.25) is 0 Å². The predicted octanol–water partition coefficient (Wildman–Crippen LogP) is 4.31. The summed E-state index contributed by atoms with van der Waals surface area (Å²) < 4.78 is 14.7. The van der Waals surface area contributed by atoms with Gasteiger partial charge in [-0.25, -0.2) is 8.91 Å². The quantitative estimate of drug-likeness (QED) is 0.604. The molecule has 3 aromatic heterocycles. The zero-order chi connectivity index (χ0) is 17.2. The van der Waals surface area contributed by atoms with Crippen molar-refractivity contribution in [3.8, 4) is 11.3 Å². The Labute approximate surface area is 144 Å². The second-order valence-corrected chi connectivity index (χ2v) is 5.76. The fourth-order valence-corrected chi connectivity index (χ4v) is 2.74. The lowest BCUT2D eigenvalue weighted by atomic mass is 10.1. The summed E-state index contributed by atoms with van der Waals surface area (Å²) in [5.41, 5.74) is 4.91. The Hall–Kier alpha value is -3.28. The fourth-order valence-electron chi connectivity index (χ4n) is 2.74. The zero-order valence-electron chi connectivity index (χ0n) is 13.6. The number of hydrogen-bond donors (Lipinski definition) is 1. The predicted molar refractivity (Wildman–Crippen MR) is 95.5 cm³/mol. The minimum atomic E-state index is -0.491. The number of aromatic nitrogens is 4. The molecule has 1 N–H and O–H groups in total. The summed E-state index contributed by atoms with van der Waals surface area (Å²) in [7, 11) is 0. The zero-order valence-corrected chi connectivity index (χ0v) is 13.6. The van der Waals surface area contributed by atoms with Gasteiger partial charge in [-0.3, -0.25) is 4.98 Å². The van der Waals surface area contributed by atoms with Crippen molar-refractivity contribution in [3.63, 3.8) is 0 Å². The molecule has 0 radical (unpaired) electrons. The Morgan fingerprint density at radius 2 is 1.96 bits per heavy atom. The molecular formula is C19H16FN5. The lowest BCUT2D eigenvalue weighted by Crippen LogP contribution is -1.96. The number of benzene rings is 1. The molecule has 0 aliphatic carbocycles. The number of nitrogens with one attached hydrogen (secondary N) is 1. The first kappa shape index (κ1) is 15.3. The van der Waals surface area contributed by atoms with Gasteiger partial charge in [0.2, 0.25) is 5.95 Å². The maximum Gasteiger partial charge on any atom is 0.247 e. The van der Waals surface area contributed by atoms with Gasteiger partial charge in [-0.2, -0.15) is 4.98 Å². The number of pyridine rings is 2. The van der Waals surface area contributed by atoms with Crippen molar-refractivity contribution in [2.75, 3.05) is 5.32 Å². The average molecular weight is 333 g/mol. The summed E-state index contributed by atoms with van der Waals surface area (Å²) in [6, 6.07) is 16.9. The van der Waals surface area contributed by atoms with E-state index in [1.54, 1.807) is 16.8 Å². The van der Waals surface area contributed by atoms with Crippen molar-refractivity contribution in [1.29, 1.82) is 0 Å². The third-order valence-electron chi connectivity index (χ3n) is 3.89. The molecule has 6 heteroatoms. The highest BCUT2D eigenvalue weighted by Crippen LogP contribution is 2.23. The molecule has 0 aliphatic heterocycles. The van der Waals surface area contributed by atoms with Crippen molar-refractivity contribution in [1.82, 2.24) is 19.6 Å². The number of anilines is 2. The van der Waals surface area contributed by atoms with Crippen LogP contribution in [0.25, 0.3) is 16.9 Å². The lowest BCUT2D eigenvalue weighted by molar-refractivity contribution is 0.485. The van der Waals surface area contributed by atoms with E-state index in [1.165, 1.54) is 0 Å². The van der Waals surface area contributed by atoms with Gasteiger partial charge in [-0.15, -0.1) is 5.10 Å². The molecule has 0 atom stereocenters. The van der Waals surface area contributed by atoms with E-state index in [4.69, 9.17) is 0 Å². The van der Waals surface area contributed by atoms with Crippen LogP contribution in [-0.4, -0.2) is 19.6 Å². The molecule has 3 heterocycles. The molecule has 0 spiro atoms. The molecule has 5 nitrogen and oxygen atoms in total. The smallest absolute Gasteiger partial charge is 0.247 e. The van der Waals surface area contributed by atoms with Crippen LogP contribution in [0.5, 0.6) is 0 Å². The third kappa shape index (κ3) is 3.06. The summed E-state index contributed by atoms with van der Waals surface area (Å²) in [4.78, 5) is 8.69. The molecule has 0 saturated carbocycles. The van der Waals surface area contributed by atoms with Crippen molar-refractivity contribution in [2.45, 2.75) is 13.6 Å². The van der Waals surface area contributed by atoms with Crippen molar-refractivity contribution < 1.29 is 4.39 Å². The van der Waals surface area contributed by atoms with Gasteiger partial charge in [-0.1, -0.05) is 24.3 Å². The Balaban J connectivity index is 1.76. The standard InChI is InChI=1S/C19H16FN5/c1-13-10-16(8-9-21-13)22-19-23-18-7-3-6-17(25(18)24-19)15-5-2-4-14(11-15)12-20/h2-11H,12H2,1H3,(H,21,22,24). The van der Waals surface area contributed by atoms with Crippen LogP contribution < -0.4 is 5.32 Å². The van der Waals surface area contributed by atoms with Gasteiger partial charge in [-0.05, 0) is 42.8 Å². The minimum Gasteiger partial charge on any atom is -0.323 e. The Kier molecular flexibility index (Phi) is 3.85. The number of nitrogens with zero attached hydrogens (tertiary/aromatic N) is 4. The highest BCUT2D eigenvalue weighted by atomic mass is 19.1. The molecule has 0 fully saturated rings. The second-order valence-electron chi connectivity index (χ2n) is 5.76. The first-order chi connectivity index (χ1) is 12.2. The van der Waals surface area contributed by atoms with Crippen molar-refractivity contribution in [3.05, 3.63) is 72.1 Å². The number of halogens is 1. The summed E-state index contributed by atoms with van der Waals surface area (Å²) in [6.07, 6.45) is 1.74. The van der Waals surface area contributed by atoms with Crippen LogP contribution in [0, 0.1) is 6.92 Å². The summed E-state index contributed by atoms with van der Waals surface area (Å²) in [5.74, 6) is 0.500. The monoisotopic (exact) mass is 333 g/mol. The summed E-state index contributed by atoms with van der Waals surface area (Å²) in [5, 5.41) is 7.74. The summed E-state index contributed by atoms with van der Waals surface area (Å²) >= 11 is 0. The minimum absolute atomic E-state index is 0.491. The Bertz CT molecular complexity index is 1040. The normalized spacial score (nSPS) is 11.0. The van der Waals surface area contributed by atoms with Crippen molar-refractivity contribution >= 4 is 17.3 Å². The maximum absolute atomic E-state index is 13.0. The van der Waals surface area contributed by atoms with Crippen LogP contribution in [0.4, 0.5) is 16.0 Å². The van der Waals surface area contributed by atoms with Crippen LogP contribution in [-0.2, 0) is 6.67 Å². The largest absolute Gasteiger partial charge is 0.323 e. The third-order valence-corrected chi connectivity index (χ3v) is 3.89. The van der Waals surface area contributed by atoms with E-state index in [0.29, 0.717) is 11.5 Å². The van der Waals surface area contributed by atoms with Crippen molar-refractivity contribution in [2.24, 2.45) is 0 Å². The number of fused-ring (bicyclic) bond motifs is 1. The Morgan fingerprint density at radius 3 is 2.80 bits per heavy atom. The molecule has 0 aliphatic rings. The molecule has 4 aromatic rings. The summed E-state index contributed by atoms with van der Waals surface area (Å²) in [6.45, 7) is 1.44. The highest BCUT2D eigenvalue weighted by Gasteiger charge is 2.09. The van der Waals surface area contributed by atoms with Gasteiger partial charge in [0.05, 0.1) is 5.69 Å². The molecule has 0 unspecified atom stereocenters. The average Bonchev–Trinajstić information content (AvgIpc) is 3.04. The van der Waals surface area contributed by atoms with Gasteiger partial charge >= 0.3 is 0 Å². The van der Waals surface area contributed by atoms with Crippen LogP contribution in [0.1, 0.15) is 11.3 Å². The highest BCUT2D eigenvalue weighted by molar-refractivity contribution is 5.65. The van der Waals surface area contributed by atoms with E-state index in [2.05, 4.69) is 20.4 Å². The van der Waals surface area contributed by atoms with E-state index in [1.807, 2.05) is 55.5 Å². The number of aryl methyl sites for hydroxylation is 1. The van der Waals surface area contributed by atoms with E-state index >= 15 is 0 Å². The van der Waals surface area contributed by atoms with E-state index < -0.39 is 6.67 Å². The molecule has 0 amide bonds. The fraction of sp³-hybridized carbons (Fsp3) is 0.105. The number of rotatable bonds is 4. The van der Waals surface area contributed by atoms with Gasteiger partial charge in [0.15, 0.2) is 5.65 Å². The first-order valence-corrected chi connectivity index (χ1v) is 7.94. The molecule has 0 saturated heterocycles. The van der Waals surface area contributed by atoms with Gasteiger partial charge < -0.3 is 5.32 Å². The Morgan fingerprint density at radius 1 is 1.08 bits per heavy atom. The maximum atomic E-state index is 13.0. The number of hydrogen-bond acceptors (Lipinski definition) is 4. The molecule has 25 heavy (non-hydrogen) atoms. The van der Waals surface area contributed by atoms with Gasteiger partial charge in [0.25, 0.3) is 0 Å². The molecular weight excluding hydrogens is 317 g/mol.